The molecule has 446 valence electrons. The van der Waals surface area contributed by atoms with Crippen molar-refractivity contribution in [2.75, 3.05) is 9.80 Å². The van der Waals surface area contributed by atoms with Gasteiger partial charge < -0.3 is 9.80 Å². The summed E-state index contributed by atoms with van der Waals surface area (Å²) in [6.07, 6.45) is 18.7. The van der Waals surface area contributed by atoms with E-state index in [0.717, 1.165) is 73.8 Å². The molecule has 3 unspecified atom stereocenters. The first-order chi connectivity index (χ1) is 45.4. The fraction of sp³-hybridized carbons (Fsp3) is 0.133. The number of fused-ring (bicyclic) bond motifs is 4. The molecule has 6 aliphatic rings. The van der Waals surface area contributed by atoms with E-state index in [-0.39, 0.29) is 17.5 Å². The number of anilines is 6. The number of rotatable bonds is 9. The van der Waals surface area contributed by atoms with Gasteiger partial charge in [-0.15, -0.1) is 0 Å². The van der Waals surface area contributed by atoms with Crippen LogP contribution in [0.1, 0.15) is 59.1 Å². The van der Waals surface area contributed by atoms with Gasteiger partial charge in [0.05, 0.1) is 11.4 Å². The van der Waals surface area contributed by atoms with E-state index in [0.29, 0.717) is 17.8 Å². The van der Waals surface area contributed by atoms with Crippen molar-refractivity contribution in [3.8, 4) is 66.8 Å². The molecule has 0 aromatic heterocycles. The summed E-state index contributed by atoms with van der Waals surface area (Å²) >= 11 is 0. The topological polar surface area (TPSA) is 6.48 Å². The third kappa shape index (κ3) is 9.62. The minimum absolute atomic E-state index is 0.0210. The number of benzene rings is 11. The second-order valence-corrected chi connectivity index (χ2v) is 28.3. The fourth-order valence-corrected chi connectivity index (χ4v) is 16.1. The van der Waals surface area contributed by atoms with Crippen LogP contribution in [0.15, 0.2) is 326 Å². The lowest BCUT2D eigenvalue weighted by Crippen LogP contribution is -2.61. The lowest BCUT2D eigenvalue weighted by Gasteiger charge is -2.46. The SMILES string of the molecule is CC(C)(C)C1=CC2=CCC3C=C(c4ccc5c(c4)N(c4c(-c6ccccc6)cccc4-c4ccccc4)c4cc(-c6ccc(C(C)(C)C)cc6)cc6c4B5c4cc(-c5ccccc5)ccc4N6c4c(-c5ccccc5)cccc4-c4ccccc4)C=C4C=CC(=C1)C2C43. The molecule has 11 aromatic rings. The van der Waals surface area contributed by atoms with Crippen molar-refractivity contribution in [3.63, 3.8) is 0 Å². The zero-order valence-corrected chi connectivity index (χ0v) is 53.8. The molecule has 2 heterocycles. The second kappa shape index (κ2) is 22.1. The van der Waals surface area contributed by atoms with Crippen molar-refractivity contribution in [1.29, 1.82) is 0 Å². The van der Waals surface area contributed by atoms with E-state index in [1.807, 2.05) is 0 Å². The van der Waals surface area contributed by atoms with Crippen LogP contribution >= 0.6 is 0 Å². The van der Waals surface area contributed by atoms with Crippen molar-refractivity contribution in [2.24, 2.45) is 23.2 Å². The van der Waals surface area contributed by atoms with Crippen LogP contribution in [0.3, 0.4) is 0 Å². The standard InChI is InChI=1S/C90H73BN2/c1-89(2,3)72-46-42-59(43-47-72)71-56-82-86-83(57-71)93(88-76(62-30-18-10-19-31-62)36-23-37-77(88)63-32-20-11-21-33-63)81-55-65(70-50-66-38-40-68-52-73(90(4,5)6)53-69-41-39-67(51-70)84(66)85(68)69)44-48-78(81)91(86)79-54-64(58-24-12-7-13-25-58)45-49-80(79)92(82)87-74(60-26-14-8-15-27-60)34-22-35-75(87)61-28-16-9-17-29-61/h7-38,40-57,67,84-85H,39H2,1-6H3. The molecule has 3 heteroatoms. The van der Waals surface area contributed by atoms with Crippen molar-refractivity contribution < 1.29 is 0 Å². The first kappa shape index (κ1) is 56.5. The third-order valence-electron chi connectivity index (χ3n) is 20.7. The number of nitrogens with zero attached hydrogens (tertiary/aromatic N) is 2. The van der Waals surface area contributed by atoms with Crippen LogP contribution in [0, 0.1) is 23.2 Å². The molecule has 0 fully saturated rings. The Morgan fingerprint density at radius 1 is 0.355 bits per heavy atom. The normalized spacial score (nSPS) is 17.4. The number of hydrogen-bond donors (Lipinski definition) is 0. The smallest absolute Gasteiger partial charge is 0.252 e. The average Bonchev–Trinajstić information content (AvgIpc) is 0.693. The molecule has 17 rings (SSSR count). The Balaban J connectivity index is 0.990. The molecular weight excluding hydrogens is 1120 g/mol. The Morgan fingerprint density at radius 2 is 0.828 bits per heavy atom. The molecule has 0 spiro atoms. The largest absolute Gasteiger partial charge is 0.310 e. The lowest BCUT2D eigenvalue weighted by molar-refractivity contribution is 0.357. The maximum atomic E-state index is 2.71. The summed E-state index contributed by atoms with van der Waals surface area (Å²) in [7, 11) is 0. The van der Waals surface area contributed by atoms with Gasteiger partial charge in [-0.25, -0.2) is 0 Å². The van der Waals surface area contributed by atoms with Gasteiger partial charge in [-0.1, -0.05) is 321 Å². The van der Waals surface area contributed by atoms with Gasteiger partial charge in [-0.05, 0) is 147 Å². The van der Waals surface area contributed by atoms with Crippen molar-refractivity contribution >= 4 is 62.8 Å². The van der Waals surface area contributed by atoms with Crippen LogP contribution < -0.4 is 26.2 Å². The monoisotopic (exact) mass is 1190 g/mol. The van der Waals surface area contributed by atoms with Crippen LogP contribution in [0.5, 0.6) is 0 Å². The van der Waals surface area contributed by atoms with Gasteiger partial charge in [0, 0.05) is 56.8 Å². The highest BCUT2D eigenvalue weighted by Gasteiger charge is 2.47. The molecule has 93 heavy (non-hydrogen) atoms. The Hall–Kier alpha value is -10.5. The van der Waals surface area contributed by atoms with Crippen LogP contribution in [0.2, 0.25) is 0 Å². The molecule has 11 aromatic carbocycles. The van der Waals surface area contributed by atoms with Crippen molar-refractivity contribution in [3.05, 3.63) is 337 Å². The van der Waals surface area contributed by atoms with Crippen molar-refractivity contribution in [1.82, 2.24) is 0 Å². The van der Waals surface area contributed by atoms with Crippen LogP contribution in [-0.4, -0.2) is 6.71 Å². The lowest BCUT2D eigenvalue weighted by atomic mass is 9.33. The number of para-hydroxylation sites is 2. The van der Waals surface area contributed by atoms with Gasteiger partial charge in [0.15, 0.2) is 0 Å². The molecule has 2 nitrogen and oxygen atoms in total. The van der Waals surface area contributed by atoms with Crippen LogP contribution in [-0.2, 0) is 5.41 Å². The van der Waals surface area contributed by atoms with E-state index in [9.17, 15) is 0 Å². The third-order valence-corrected chi connectivity index (χ3v) is 20.7. The molecule has 0 radical (unpaired) electrons. The summed E-state index contributed by atoms with van der Waals surface area (Å²) in [5.41, 5.74) is 34.5. The maximum absolute atomic E-state index is 2.71. The highest BCUT2D eigenvalue weighted by atomic mass is 15.2. The predicted octanol–water partition coefficient (Wildman–Crippen LogP) is 22.1. The van der Waals surface area contributed by atoms with Gasteiger partial charge in [-0.2, -0.15) is 0 Å². The van der Waals surface area contributed by atoms with E-state index in [2.05, 4.69) is 355 Å². The van der Waals surface area contributed by atoms with Gasteiger partial charge in [-0.3, -0.25) is 0 Å². The summed E-state index contributed by atoms with van der Waals surface area (Å²) in [4.78, 5) is 5.38. The van der Waals surface area contributed by atoms with E-state index in [1.165, 1.54) is 88.9 Å². The molecule has 2 aliphatic heterocycles. The second-order valence-electron chi connectivity index (χ2n) is 28.3. The molecule has 0 saturated heterocycles. The maximum Gasteiger partial charge on any atom is 0.252 e. The van der Waals surface area contributed by atoms with Crippen molar-refractivity contribution in [2.45, 2.75) is 53.4 Å². The minimum Gasteiger partial charge on any atom is -0.310 e. The van der Waals surface area contributed by atoms with Gasteiger partial charge in [0.2, 0.25) is 0 Å². The molecule has 4 aliphatic carbocycles. The first-order valence-electron chi connectivity index (χ1n) is 33.4. The summed E-state index contributed by atoms with van der Waals surface area (Å²) in [5, 5.41) is 0. The Labute approximate surface area is 549 Å². The summed E-state index contributed by atoms with van der Waals surface area (Å²) in [6, 6.07) is 98.6. The summed E-state index contributed by atoms with van der Waals surface area (Å²) < 4.78 is 0. The first-order valence-corrected chi connectivity index (χ1v) is 33.4. The molecule has 0 bridgehead atoms. The molecule has 0 N–H and O–H groups in total. The average molecular weight is 1190 g/mol. The Kier molecular flexibility index (Phi) is 13.5. The van der Waals surface area contributed by atoms with Crippen LogP contribution in [0.25, 0.3) is 72.3 Å². The van der Waals surface area contributed by atoms with E-state index in [1.54, 1.807) is 0 Å². The predicted molar refractivity (Wildman–Crippen MR) is 396 cm³/mol. The quantitative estimate of drug-likeness (QED) is 0.133. The number of hydrogen-bond acceptors (Lipinski definition) is 2. The minimum atomic E-state index is -0.176. The zero-order valence-electron chi connectivity index (χ0n) is 53.8. The highest BCUT2D eigenvalue weighted by Crippen LogP contribution is 2.57. The fourth-order valence-electron chi connectivity index (χ4n) is 16.1. The number of allylic oxidation sites excluding steroid dienone is 12. The molecule has 0 amide bonds. The van der Waals surface area contributed by atoms with Crippen LogP contribution in [0.4, 0.5) is 34.1 Å². The van der Waals surface area contributed by atoms with E-state index < -0.39 is 0 Å². The molecular formula is C90H73BN2. The van der Waals surface area contributed by atoms with Gasteiger partial charge >= 0.3 is 0 Å². The zero-order chi connectivity index (χ0) is 62.7. The van der Waals surface area contributed by atoms with E-state index in [4.69, 9.17) is 0 Å². The van der Waals surface area contributed by atoms with E-state index >= 15 is 0 Å². The Morgan fingerprint density at radius 3 is 1.35 bits per heavy atom. The highest BCUT2D eigenvalue weighted by molar-refractivity contribution is 7.00. The summed E-state index contributed by atoms with van der Waals surface area (Å²) in [6.45, 7) is 13.8. The van der Waals surface area contributed by atoms with Gasteiger partial charge in [0.1, 0.15) is 0 Å². The Bertz CT molecular complexity index is 4880. The molecule has 3 atom stereocenters. The summed E-state index contributed by atoms with van der Waals surface area (Å²) in [5.74, 6) is 1.14. The molecule has 0 saturated carbocycles. The van der Waals surface area contributed by atoms with Gasteiger partial charge in [0.25, 0.3) is 6.71 Å².